The number of esters is 1. The van der Waals surface area contributed by atoms with Gasteiger partial charge in [-0.25, -0.2) is 4.79 Å². The lowest BCUT2D eigenvalue weighted by atomic mass is 10.1. The molecule has 5 nitrogen and oxygen atoms in total. The minimum absolute atomic E-state index is 0.123. The van der Waals surface area contributed by atoms with E-state index in [2.05, 4.69) is 16.1 Å². The van der Waals surface area contributed by atoms with Crippen LogP contribution in [0.2, 0.25) is 0 Å². The molecule has 2 rings (SSSR count). The second-order valence-electron chi connectivity index (χ2n) is 5.82. The van der Waals surface area contributed by atoms with Crippen molar-refractivity contribution in [3.8, 4) is 0 Å². The van der Waals surface area contributed by atoms with E-state index < -0.39 is 5.97 Å². The number of nitrogens with one attached hydrogen (secondary N) is 1. The first-order valence-corrected chi connectivity index (χ1v) is 7.66. The summed E-state index contributed by atoms with van der Waals surface area (Å²) in [6.07, 6.45) is 0. The van der Waals surface area contributed by atoms with Crippen molar-refractivity contribution in [1.29, 1.82) is 0 Å². The third-order valence-corrected chi connectivity index (χ3v) is 3.62. The van der Waals surface area contributed by atoms with E-state index in [9.17, 15) is 9.59 Å². The Kier molecular flexibility index (Phi) is 5.58. The predicted molar refractivity (Wildman–Crippen MR) is 95.6 cm³/mol. The normalized spacial score (nSPS) is 10.2. The first-order chi connectivity index (χ1) is 11.4. The van der Waals surface area contributed by atoms with Crippen LogP contribution in [0.15, 0.2) is 42.5 Å². The van der Waals surface area contributed by atoms with E-state index in [0.29, 0.717) is 11.3 Å². The fourth-order valence-electron chi connectivity index (χ4n) is 2.49. The maximum Gasteiger partial charge on any atom is 0.337 e. The van der Waals surface area contributed by atoms with Gasteiger partial charge < -0.3 is 15.0 Å². The summed E-state index contributed by atoms with van der Waals surface area (Å²) in [6, 6.07) is 12.8. The Morgan fingerprint density at radius 1 is 1.04 bits per heavy atom. The molecule has 24 heavy (non-hydrogen) atoms. The summed E-state index contributed by atoms with van der Waals surface area (Å²) in [6.45, 7) is 4.31. The number of ether oxygens (including phenoxy) is 1. The molecule has 0 aliphatic heterocycles. The predicted octanol–water partition coefficient (Wildman–Crippen LogP) is 3.16. The molecule has 0 radical (unpaired) electrons. The molecule has 1 amide bonds. The van der Waals surface area contributed by atoms with Crippen molar-refractivity contribution >= 4 is 23.3 Å². The summed E-state index contributed by atoms with van der Waals surface area (Å²) in [5.41, 5.74) is 4.42. The van der Waals surface area contributed by atoms with Gasteiger partial charge in [-0.15, -0.1) is 0 Å². The maximum absolute atomic E-state index is 12.2. The zero-order valence-corrected chi connectivity index (χ0v) is 14.4. The molecule has 0 atom stereocenters. The van der Waals surface area contributed by atoms with Gasteiger partial charge in [0, 0.05) is 18.4 Å². The number of aryl methyl sites for hydroxylation is 2. The highest BCUT2D eigenvalue weighted by atomic mass is 16.5. The highest BCUT2D eigenvalue weighted by Gasteiger charge is 2.10. The number of nitrogens with zero attached hydrogens (tertiary/aromatic N) is 1. The largest absolute Gasteiger partial charge is 0.465 e. The lowest BCUT2D eigenvalue weighted by Gasteiger charge is -2.20. The molecule has 126 valence electrons. The smallest absolute Gasteiger partial charge is 0.337 e. The van der Waals surface area contributed by atoms with Crippen molar-refractivity contribution in [2.45, 2.75) is 13.8 Å². The quantitative estimate of drug-likeness (QED) is 0.858. The fourth-order valence-corrected chi connectivity index (χ4v) is 2.49. The summed E-state index contributed by atoms with van der Waals surface area (Å²) in [5, 5.41) is 2.82. The first-order valence-electron chi connectivity index (χ1n) is 7.66. The van der Waals surface area contributed by atoms with Crippen molar-refractivity contribution < 1.29 is 14.3 Å². The number of carbonyl (C=O) groups excluding carboxylic acids is 2. The van der Waals surface area contributed by atoms with Crippen LogP contribution >= 0.6 is 0 Å². The van der Waals surface area contributed by atoms with Crippen molar-refractivity contribution in [1.82, 2.24) is 0 Å². The zero-order valence-electron chi connectivity index (χ0n) is 14.4. The van der Waals surface area contributed by atoms with Gasteiger partial charge in [0.05, 0.1) is 19.2 Å². The van der Waals surface area contributed by atoms with Gasteiger partial charge in [-0.1, -0.05) is 6.07 Å². The number of methoxy groups -OCH3 is 1. The Labute approximate surface area is 142 Å². The van der Waals surface area contributed by atoms with Crippen LogP contribution in [0.4, 0.5) is 11.4 Å². The topological polar surface area (TPSA) is 58.6 Å². The van der Waals surface area contributed by atoms with E-state index in [1.807, 2.05) is 37.9 Å². The number of hydrogen-bond donors (Lipinski definition) is 1. The van der Waals surface area contributed by atoms with Crippen molar-refractivity contribution in [2.75, 3.05) is 30.9 Å². The first kappa shape index (κ1) is 17.5. The lowest BCUT2D eigenvalue weighted by molar-refractivity contribution is -0.114. The molecule has 1 N–H and O–H groups in total. The SMILES string of the molecule is COC(=O)c1ccc(NC(=O)CN(C)c2cc(C)cc(C)c2)cc1. The molecule has 0 aliphatic carbocycles. The van der Waals surface area contributed by atoms with Gasteiger partial charge in [0.1, 0.15) is 0 Å². The summed E-state index contributed by atoms with van der Waals surface area (Å²) >= 11 is 0. The van der Waals surface area contributed by atoms with Crippen LogP contribution in [0.1, 0.15) is 21.5 Å². The van der Waals surface area contributed by atoms with Crippen LogP contribution in [0, 0.1) is 13.8 Å². The monoisotopic (exact) mass is 326 g/mol. The minimum atomic E-state index is -0.401. The fraction of sp³-hybridized carbons (Fsp3) is 0.263. The van der Waals surface area contributed by atoms with Crippen molar-refractivity contribution in [3.05, 3.63) is 59.2 Å². The standard InChI is InChI=1S/C19H22N2O3/c1-13-9-14(2)11-17(10-13)21(3)12-18(22)20-16-7-5-15(6-8-16)19(23)24-4/h5-11H,12H2,1-4H3,(H,20,22). The van der Waals surface area contributed by atoms with Gasteiger partial charge in [0.15, 0.2) is 0 Å². The van der Waals surface area contributed by atoms with E-state index in [1.54, 1.807) is 24.3 Å². The third-order valence-electron chi connectivity index (χ3n) is 3.62. The van der Waals surface area contributed by atoms with Crippen LogP contribution in [0.5, 0.6) is 0 Å². The Morgan fingerprint density at radius 3 is 2.17 bits per heavy atom. The average Bonchev–Trinajstić information content (AvgIpc) is 2.53. The highest BCUT2D eigenvalue weighted by Crippen LogP contribution is 2.17. The summed E-state index contributed by atoms with van der Waals surface area (Å²) in [4.78, 5) is 25.5. The summed E-state index contributed by atoms with van der Waals surface area (Å²) in [7, 11) is 3.22. The van der Waals surface area contributed by atoms with Crippen molar-refractivity contribution in [3.63, 3.8) is 0 Å². The molecule has 0 unspecified atom stereocenters. The highest BCUT2D eigenvalue weighted by molar-refractivity contribution is 5.95. The van der Waals surface area contributed by atoms with Gasteiger partial charge in [-0.2, -0.15) is 0 Å². The van der Waals surface area contributed by atoms with Crippen LogP contribution in [-0.4, -0.2) is 32.6 Å². The number of amides is 1. The van der Waals surface area contributed by atoms with Crippen LogP contribution in [0.25, 0.3) is 0 Å². The second kappa shape index (κ2) is 7.64. The Hall–Kier alpha value is -2.82. The van der Waals surface area contributed by atoms with Gasteiger partial charge in [-0.3, -0.25) is 4.79 Å². The van der Waals surface area contributed by atoms with E-state index >= 15 is 0 Å². The van der Waals surface area contributed by atoms with Gasteiger partial charge in [0.2, 0.25) is 5.91 Å². The van der Waals surface area contributed by atoms with Crippen LogP contribution in [-0.2, 0) is 9.53 Å². The lowest BCUT2D eigenvalue weighted by Crippen LogP contribution is -2.30. The van der Waals surface area contributed by atoms with Gasteiger partial charge in [0.25, 0.3) is 0 Å². The Balaban J connectivity index is 1.98. The molecule has 0 aromatic heterocycles. The van der Waals surface area contributed by atoms with Crippen LogP contribution < -0.4 is 10.2 Å². The number of hydrogen-bond acceptors (Lipinski definition) is 4. The van der Waals surface area contributed by atoms with E-state index in [-0.39, 0.29) is 12.5 Å². The van der Waals surface area contributed by atoms with Gasteiger partial charge >= 0.3 is 5.97 Å². The second-order valence-corrected chi connectivity index (χ2v) is 5.82. The van der Waals surface area contributed by atoms with E-state index in [4.69, 9.17) is 0 Å². The Bertz CT molecular complexity index is 719. The third kappa shape index (κ3) is 4.59. The maximum atomic E-state index is 12.2. The summed E-state index contributed by atoms with van der Waals surface area (Å²) < 4.78 is 4.65. The number of rotatable bonds is 5. The number of benzene rings is 2. The molecule has 0 fully saturated rings. The number of anilines is 2. The molecule has 0 spiro atoms. The molecule has 0 bridgehead atoms. The molecular weight excluding hydrogens is 304 g/mol. The molecule has 2 aromatic carbocycles. The molecule has 0 saturated carbocycles. The number of carbonyl (C=O) groups is 2. The molecule has 5 heteroatoms. The van der Waals surface area contributed by atoms with E-state index in [1.165, 1.54) is 7.11 Å². The Morgan fingerprint density at radius 2 is 1.62 bits per heavy atom. The molecular formula is C19H22N2O3. The molecule has 2 aromatic rings. The molecule has 0 saturated heterocycles. The minimum Gasteiger partial charge on any atom is -0.465 e. The number of likely N-dealkylation sites (N-methyl/N-ethyl adjacent to an activating group) is 1. The zero-order chi connectivity index (χ0) is 17.7. The van der Waals surface area contributed by atoms with Crippen LogP contribution in [0.3, 0.4) is 0 Å². The molecule has 0 heterocycles. The average molecular weight is 326 g/mol. The summed E-state index contributed by atoms with van der Waals surface area (Å²) in [5.74, 6) is -0.523. The van der Waals surface area contributed by atoms with E-state index in [0.717, 1.165) is 16.8 Å². The van der Waals surface area contributed by atoms with Gasteiger partial charge in [-0.05, 0) is 61.4 Å². The van der Waals surface area contributed by atoms with Crippen molar-refractivity contribution in [2.24, 2.45) is 0 Å². The molecule has 0 aliphatic rings.